The number of carbonyl (C=O) groups excluding carboxylic acids is 1. The van der Waals surface area contributed by atoms with E-state index in [4.69, 9.17) is 5.11 Å². The Morgan fingerprint density at radius 1 is 1.07 bits per heavy atom. The average molecular weight is 381 g/mol. The summed E-state index contributed by atoms with van der Waals surface area (Å²) in [6.07, 6.45) is -4.84. The predicted molar refractivity (Wildman–Crippen MR) is 91.3 cm³/mol. The molecule has 2 aromatic rings. The van der Waals surface area contributed by atoms with Gasteiger partial charge in [-0.1, -0.05) is 6.07 Å². The van der Waals surface area contributed by atoms with Crippen LogP contribution in [-0.4, -0.2) is 26.9 Å². The summed E-state index contributed by atoms with van der Waals surface area (Å²) in [5.74, 6) is -1.54. The van der Waals surface area contributed by atoms with Gasteiger partial charge in [-0.2, -0.15) is 13.2 Å². The van der Waals surface area contributed by atoms with Crippen molar-refractivity contribution in [3.05, 3.63) is 47.2 Å². The molecule has 0 unspecified atom stereocenters. The van der Waals surface area contributed by atoms with Crippen molar-refractivity contribution in [2.24, 2.45) is 0 Å². The lowest BCUT2D eigenvalue weighted by Crippen LogP contribution is -2.06. The molecule has 0 saturated heterocycles. The minimum absolute atomic E-state index is 0.0150. The Hall–Kier alpha value is -2.90. The molecule has 5 nitrogen and oxygen atoms in total. The summed E-state index contributed by atoms with van der Waals surface area (Å²) < 4.78 is 38.9. The molecule has 0 saturated carbocycles. The Kier molecular flexibility index (Phi) is 6.20. The number of nitrogens with zero attached hydrogens (tertiary/aromatic N) is 1. The maximum absolute atomic E-state index is 13.0. The second-order valence-corrected chi connectivity index (χ2v) is 6.12. The summed E-state index contributed by atoms with van der Waals surface area (Å²) in [6.45, 7) is 1.65. The monoisotopic (exact) mass is 381 g/mol. The van der Waals surface area contributed by atoms with Crippen molar-refractivity contribution >= 4 is 11.8 Å². The van der Waals surface area contributed by atoms with Gasteiger partial charge in [-0.05, 0) is 36.8 Å². The molecule has 0 atom stereocenters. The van der Waals surface area contributed by atoms with Gasteiger partial charge < -0.3 is 10.2 Å². The van der Waals surface area contributed by atoms with Crippen LogP contribution >= 0.6 is 0 Å². The number of rotatable bonds is 7. The number of ketones is 1. The van der Waals surface area contributed by atoms with E-state index in [9.17, 15) is 27.9 Å². The van der Waals surface area contributed by atoms with E-state index in [-0.39, 0.29) is 54.2 Å². The molecule has 2 N–H and O–H groups in total. The lowest BCUT2D eigenvalue weighted by Gasteiger charge is -2.12. The van der Waals surface area contributed by atoms with Crippen molar-refractivity contribution in [2.45, 2.75) is 38.8 Å². The third-order valence-electron chi connectivity index (χ3n) is 4.05. The molecule has 2 rings (SSSR count). The number of hydrogen-bond acceptors (Lipinski definition) is 4. The summed E-state index contributed by atoms with van der Waals surface area (Å²) in [5, 5.41) is 18.5. The molecule has 1 heterocycles. The Morgan fingerprint density at radius 2 is 1.78 bits per heavy atom. The molecule has 0 fully saturated rings. The van der Waals surface area contributed by atoms with E-state index in [1.807, 2.05) is 0 Å². The fraction of sp³-hybridized carbons (Fsp3) is 0.316. The second kappa shape index (κ2) is 8.20. The summed E-state index contributed by atoms with van der Waals surface area (Å²) >= 11 is 0. The van der Waals surface area contributed by atoms with E-state index < -0.39 is 17.7 Å². The zero-order valence-electron chi connectivity index (χ0n) is 14.5. The lowest BCUT2D eigenvalue weighted by molar-refractivity contribution is -0.138. The number of carboxylic acid groups (broad SMARTS) is 1. The quantitative estimate of drug-likeness (QED) is 0.752. The smallest absolute Gasteiger partial charge is 0.416 e. The Bertz CT molecular complexity index is 863. The summed E-state index contributed by atoms with van der Waals surface area (Å²) in [5.41, 5.74) is 0.494. The van der Waals surface area contributed by atoms with Gasteiger partial charge in [-0.15, -0.1) is 0 Å². The van der Waals surface area contributed by atoms with Crippen molar-refractivity contribution < 1.29 is 33.0 Å². The third kappa shape index (κ3) is 5.54. The van der Waals surface area contributed by atoms with Crippen LogP contribution in [0.2, 0.25) is 0 Å². The lowest BCUT2D eigenvalue weighted by atomic mass is 10.0. The molecule has 0 radical (unpaired) electrons. The number of halogens is 3. The molecule has 0 amide bonds. The number of hydrogen-bond donors (Lipinski definition) is 2. The second-order valence-electron chi connectivity index (χ2n) is 6.12. The van der Waals surface area contributed by atoms with E-state index in [0.717, 1.165) is 12.1 Å². The van der Waals surface area contributed by atoms with Crippen molar-refractivity contribution in [3.63, 3.8) is 0 Å². The van der Waals surface area contributed by atoms with Gasteiger partial charge in [0.25, 0.3) is 0 Å². The normalized spacial score (nSPS) is 11.4. The first kappa shape index (κ1) is 20.4. The molecule has 0 aliphatic rings. The van der Waals surface area contributed by atoms with E-state index in [2.05, 4.69) is 4.98 Å². The van der Waals surface area contributed by atoms with Crippen LogP contribution in [0.25, 0.3) is 11.3 Å². The number of alkyl halides is 3. The molecule has 144 valence electrons. The van der Waals surface area contributed by atoms with E-state index in [1.165, 1.54) is 18.2 Å². The first-order valence-electron chi connectivity index (χ1n) is 8.18. The molecular weight excluding hydrogens is 363 g/mol. The number of pyridine rings is 1. The fourth-order valence-corrected chi connectivity index (χ4v) is 2.53. The van der Waals surface area contributed by atoms with E-state index in [1.54, 1.807) is 6.92 Å². The van der Waals surface area contributed by atoms with Crippen LogP contribution in [-0.2, 0) is 22.2 Å². The highest BCUT2D eigenvalue weighted by Crippen LogP contribution is 2.34. The maximum atomic E-state index is 13.0. The number of carbonyl (C=O) groups is 2. The zero-order chi connectivity index (χ0) is 20.2. The molecule has 0 aliphatic carbocycles. The van der Waals surface area contributed by atoms with E-state index >= 15 is 0 Å². The molecule has 1 aromatic carbocycles. The summed E-state index contributed by atoms with van der Waals surface area (Å²) in [7, 11) is 0. The molecule has 0 aliphatic heterocycles. The number of aromatic hydroxyl groups is 1. The summed E-state index contributed by atoms with van der Waals surface area (Å²) in [6, 6.07) is 6.06. The summed E-state index contributed by atoms with van der Waals surface area (Å²) in [4.78, 5) is 26.4. The SMILES string of the molecule is Cc1ccc(C(F)(F)F)cc1-c1ccc(O)c(CCC(=O)CCC(=O)O)n1. The highest BCUT2D eigenvalue weighted by molar-refractivity contribution is 5.82. The van der Waals surface area contributed by atoms with Crippen LogP contribution in [0, 0.1) is 6.92 Å². The first-order chi connectivity index (χ1) is 12.6. The van der Waals surface area contributed by atoms with Crippen molar-refractivity contribution in [1.82, 2.24) is 4.98 Å². The largest absolute Gasteiger partial charge is 0.506 e. The van der Waals surface area contributed by atoms with Gasteiger partial charge in [-0.3, -0.25) is 9.59 Å². The standard InChI is InChI=1S/C19H18F3NO4/c1-11-2-3-12(19(20,21)22)10-14(11)15-7-8-17(25)16(23-15)6-4-13(24)5-9-18(26)27/h2-3,7-8,10,25H,4-6,9H2,1H3,(H,26,27). The van der Waals surface area contributed by atoms with E-state index in [0.29, 0.717) is 5.56 Å². The molecule has 0 bridgehead atoms. The van der Waals surface area contributed by atoms with Gasteiger partial charge in [0.1, 0.15) is 11.5 Å². The number of benzene rings is 1. The number of aryl methyl sites for hydroxylation is 2. The van der Waals surface area contributed by atoms with Gasteiger partial charge in [-0.25, -0.2) is 4.98 Å². The zero-order valence-corrected chi connectivity index (χ0v) is 14.5. The number of aromatic nitrogens is 1. The predicted octanol–water partition coefficient (Wildman–Crippen LogP) is 4.15. The number of carboxylic acids is 1. The molecule has 1 aromatic heterocycles. The minimum Gasteiger partial charge on any atom is -0.506 e. The highest BCUT2D eigenvalue weighted by Gasteiger charge is 2.31. The van der Waals surface area contributed by atoms with Gasteiger partial charge in [0.2, 0.25) is 0 Å². The van der Waals surface area contributed by atoms with Crippen LogP contribution in [0.4, 0.5) is 13.2 Å². The molecule has 8 heteroatoms. The molecule has 27 heavy (non-hydrogen) atoms. The average Bonchev–Trinajstić information content (AvgIpc) is 2.58. The van der Waals surface area contributed by atoms with Crippen LogP contribution in [0.15, 0.2) is 30.3 Å². The topological polar surface area (TPSA) is 87.5 Å². The van der Waals surface area contributed by atoms with Crippen LogP contribution in [0.1, 0.15) is 36.1 Å². The van der Waals surface area contributed by atoms with Gasteiger partial charge in [0.15, 0.2) is 0 Å². The third-order valence-corrected chi connectivity index (χ3v) is 4.05. The molecular formula is C19H18F3NO4. The van der Waals surface area contributed by atoms with Gasteiger partial charge in [0.05, 0.1) is 23.4 Å². The maximum Gasteiger partial charge on any atom is 0.416 e. The van der Waals surface area contributed by atoms with Crippen LogP contribution in [0.5, 0.6) is 5.75 Å². The molecule has 0 spiro atoms. The van der Waals surface area contributed by atoms with Crippen LogP contribution < -0.4 is 0 Å². The number of aliphatic carboxylic acids is 1. The van der Waals surface area contributed by atoms with Gasteiger partial charge in [0, 0.05) is 24.8 Å². The van der Waals surface area contributed by atoms with Crippen molar-refractivity contribution in [1.29, 1.82) is 0 Å². The number of Topliss-reactive ketones (excluding diaryl/α,β-unsaturated/α-hetero) is 1. The highest BCUT2D eigenvalue weighted by atomic mass is 19.4. The fourth-order valence-electron chi connectivity index (χ4n) is 2.53. The van der Waals surface area contributed by atoms with Gasteiger partial charge >= 0.3 is 12.1 Å². The Labute approximate surface area is 153 Å². The van der Waals surface area contributed by atoms with Crippen LogP contribution in [0.3, 0.4) is 0 Å². The minimum atomic E-state index is -4.49. The van der Waals surface area contributed by atoms with Crippen molar-refractivity contribution in [3.8, 4) is 17.0 Å². The Balaban J connectivity index is 2.25. The first-order valence-corrected chi connectivity index (χ1v) is 8.18. The Morgan fingerprint density at radius 3 is 2.41 bits per heavy atom. The van der Waals surface area contributed by atoms with Crippen molar-refractivity contribution in [2.75, 3.05) is 0 Å².